The van der Waals surface area contributed by atoms with Gasteiger partial charge in [0.25, 0.3) is 5.91 Å². The first-order valence-corrected chi connectivity index (χ1v) is 5.68. The van der Waals surface area contributed by atoms with Crippen LogP contribution in [0.3, 0.4) is 0 Å². The van der Waals surface area contributed by atoms with Gasteiger partial charge in [-0.2, -0.15) is 0 Å². The van der Waals surface area contributed by atoms with E-state index in [0.717, 1.165) is 10.5 Å². The third-order valence-electron chi connectivity index (χ3n) is 2.32. The van der Waals surface area contributed by atoms with Crippen LogP contribution in [0.4, 0.5) is 0 Å². The lowest BCUT2D eigenvalue weighted by Crippen LogP contribution is -2.28. The molecule has 1 aromatic rings. The molecule has 2 rings (SSSR count). The fraction of sp³-hybridized carbons (Fsp3) is 0.182. The number of hydrogen-bond acceptors (Lipinski definition) is 4. The zero-order chi connectivity index (χ0) is 11.7. The highest BCUT2D eigenvalue weighted by Crippen LogP contribution is 2.33. The molecule has 4 nitrogen and oxygen atoms in total. The molecule has 0 aromatic heterocycles. The molecular weight excluding hydrogens is 224 g/mol. The summed E-state index contributed by atoms with van der Waals surface area (Å²) in [6.45, 7) is 1.64. The molecule has 1 amide bonds. The predicted octanol–water partition coefficient (Wildman–Crippen LogP) is 1.44. The van der Waals surface area contributed by atoms with E-state index in [1.54, 1.807) is 13.0 Å². The van der Waals surface area contributed by atoms with E-state index >= 15 is 0 Å². The minimum atomic E-state index is -0.558. The monoisotopic (exact) mass is 236 g/mol. The van der Waals surface area contributed by atoms with Gasteiger partial charge in [0.05, 0.1) is 11.6 Å². The van der Waals surface area contributed by atoms with E-state index in [0.29, 0.717) is 0 Å². The Bertz CT molecular complexity index is 469. The Hall–Kier alpha value is -1.46. The number of hydrogen-bond donors (Lipinski definition) is 3. The third kappa shape index (κ3) is 1.79. The number of aliphatic hydroxyl groups is 1. The minimum absolute atomic E-state index is 0.0785. The molecular formula is C11H12N2O2S. The molecule has 1 aliphatic heterocycles. The summed E-state index contributed by atoms with van der Waals surface area (Å²) in [5.74, 6) is -0.385. The number of nitrogens with two attached hydrogens (primary N) is 1. The average molecular weight is 236 g/mol. The van der Waals surface area contributed by atoms with Crippen molar-refractivity contribution in [2.45, 2.75) is 17.9 Å². The van der Waals surface area contributed by atoms with E-state index in [9.17, 15) is 9.90 Å². The van der Waals surface area contributed by atoms with Crippen LogP contribution in [0.25, 0.3) is 5.57 Å². The highest BCUT2D eigenvalue weighted by atomic mass is 32.2. The summed E-state index contributed by atoms with van der Waals surface area (Å²) < 4.78 is 2.63. The van der Waals surface area contributed by atoms with Gasteiger partial charge in [-0.25, -0.2) is 0 Å². The molecule has 1 aromatic carbocycles. The first-order valence-electron chi connectivity index (χ1n) is 4.86. The molecule has 16 heavy (non-hydrogen) atoms. The van der Waals surface area contributed by atoms with E-state index in [4.69, 9.17) is 5.73 Å². The van der Waals surface area contributed by atoms with E-state index in [-0.39, 0.29) is 17.2 Å². The summed E-state index contributed by atoms with van der Waals surface area (Å²) in [5.41, 5.74) is 6.59. The fourth-order valence-corrected chi connectivity index (χ4v) is 2.25. The number of nitrogens with one attached hydrogen (secondary N) is 1. The lowest BCUT2D eigenvalue weighted by Gasteiger charge is -2.20. The third-order valence-corrected chi connectivity index (χ3v) is 3.19. The molecule has 1 aliphatic rings. The van der Waals surface area contributed by atoms with Crippen LogP contribution in [-0.2, 0) is 4.79 Å². The van der Waals surface area contributed by atoms with Crippen molar-refractivity contribution in [1.29, 1.82) is 0 Å². The van der Waals surface area contributed by atoms with Crippen LogP contribution < -0.4 is 10.5 Å². The van der Waals surface area contributed by atoms with Crippen molar-refractivity contribution in [3.05, 3.63) is 35.6 Å². The fourth-order valence-electron chi connectivity index (χ4n) is 1.52. The lowest BCUT2D eigenvalue weighted by molar-refractivity contribution is -0.114. The second kappa shape index (κ2) is 4.19. The number of aliphatic hydroxyl groups excluding tert-OH is 1. The maximum atomic E-state index is 11.7. The highest BCUT2D eigenvalue weighted by molar-refractivity contribution is 7.98. The van der Waals surface area contributed by atoms with Crippen LogP contribution in [0.2, 0.25) is 0 Å². The van der Waals surface area contributed by atoms with E-state index in [2.05, 4.69) is 4.72 Å². The van der Waals surface area contributed by atoms with Crippen molar-refractivity contribution in [2.24, 2.45) is 5.73 Å². The summed E-state index contributed by atoms with van der Waals surface area (Å²) >= 11 is 1.24. The van der Waals surface area contributed by atoms with Crippen LogP contribution >= 0.6 is 11.9 Å². The van der Waals surface area contributed by atoms with Crippen molar-refractivity contribution < 1.29 is 9.90 Å². The van der Waals surface area contributed by atoms with Crippen molar-refractivity contribution in [2.75, 3.05) is 0 Å². The van der Waals surface area contributed by atoms with E-state index in [1.165, 1.54) is 11.9 Å². The Morgan fingerprint density at radius 2 is 2.19 bits per heavy atom. The van der Waals surface area contributed by atoms with Gasteiger partial charge in [-0.3, -0.25) is 9.52 Å². The first kappa shape index (κ1) is 11.0. The van der Waals surface area contributed by atoms with Crippen LogP contribution in [0.1, 0.15) is 12.5 Å². The summed E-state index contributed by atoms with van der Waals surface area (Å²) in [7, 11) is 0. The van der Waals surface area contributed by atoms with Crippen LogP contribution in [-0.4, -0.2) is 17.1 Å². The normalized spacial score (nSPS) is 19.8. The van der Waals surface area contributed by atoms with Gasteiger partial charge in [0, 0.05) is 10.5 Å². The Balaban J connectivity index is 2.62. The minimum Gasteiger partial charge on any atom is -0.510 e. The van der Waals surface area contributed by atoms with Gasteiger partial charge < -0.3 is 10.8 Å². The number of fused-ring (bicyclic) bond motifs is 1. The Kier molecular flexibility index (Phi) is 2.89. The van der Waals surface area contributed by atoms with Crippen molar-refractivity contribution in [3.63, 3.8) is 0 Å². The molecule has 1 heterocycles. The highest BCUT2D eigenvalue weighted by Gasteiger charge is 2.26. The Labute approximate surface area is 97.7 Å². The molecule has 0 spiro atoms. The first-order chi connectivity index (χ1) is 7.61. The molecule has 1 atom stereocenters. The van der Waals surface area contributed by atoms with Gasteiger partial charge in [-0.1, -0.05) is 18.2 Å². The maximum absolute atomic E-state index is 11.7. The summed E-state index contributed by atoms with van der Waals surface area (Å²) in [6.07, 6.45) is 0. The van der Waals surface area contributed by atoms with E-state index < -0.39 is 6.04 Å². The quantitative estimate of drug-likeness (QED) is 0.392. The van der Waals surface area contributed by atoms with Gasteiger partial charge >= 0.3 is 0 Å². The molecule has 0 saturated heterocycles. The Morgan fingerprint density at radius 1 is 1.50 bits per heavy atom. The van der Waals surface area contributed by atoms with Crippen LogP contribution in [0.5, 0.6) is 0 Å². The zero-order valence-corrected chi connectivity index (χ0v) is 9.54. The predicted molar refractivity (Wildman–Crippen MR) is 63.6 cm³/mol. The summed E-state index contributed by atoms with van der Waals surface area (Å²) in [5, 5.41) is 9.85. The summed E-state index contributed by atoms with van der Waals surface area (Å²) in [6, 6.07) is 6.83. The molecule has 84 valence electrons. The maximum Gasteiger partial charge on any atom is 0.265 e. The van der Waals surface area contributed by atoms with Gasteiger partial charge in [0.15, 0.2) is 0 Å². The van der Waals surface area contributed by atoms with Crippen molar-refractivity contribution in [3.8, 4) is 0 Å². The van der Waals surface area contributed by atoms with Gasteiger partial charge in [0.1, 0.15) is 5.76 Å². The van der Waals surface area contributed by atoms with Gasteiger partial charge in [0.2, 0.25) is 0 Å². The molecule has 0 unspecified atom stereocenters. The molecule has 0 saturated carbocycles. The second-order valence-electron chi connectivity index (χ2n) is 3.58. The Morgan fingerprint density at radius 3 is 2.88 bits per heavy atom. The van der Waals surface area contributed by atoms with E-state index in [1.807, 2.05) is 18.2 Å². The topological polar surface area (TPSA) is 75.3 Å². The van der Waals surface area contributed by atoms with Gasteiger partial charge in [-0.05, 0) is 24.9 Å². The molecule has 0 radical (unpaired) electrons. The number of benzene rings is 1. The molecule has 4 N–H and O–H groups in total. The molecule has 0 bridgehead atoms. The zero-order valence-electron chi connectivity index (χ0n) is 8.73. The molecule has 5 heteroatoms. The van der Waals surface area contributed by atoms with Crippen molar-refractivity contribution in [1.82, 2.24) is 4.72 Å². The SMILES string of the molecule is C[C@H](N)/C(O)=C1\C(=O)NSc2ccccc21. The van der Waals surface area contributed by atoms with Crippen molar-refractivity contribution >= 4 is 23.4 Å². The van der Waals surface area contributed by atoms with Crippen LogP contribution in [0.15, 0.2) is 34.9 Å². The number of carbonyl (C=O) groups excluding carboxylic acids is 1. The standard InChI is InChI=1S/C11H12N2O2S/c1-6(12)10(14)9-7-4-2-3-5-8(7)16-13-11(9)15/h2-6,14H,12H2,1H3,(H,13,15)/b10-9+/t6-/m0/s1. The second-order valence-corrected chi connectivity index (χ2v) is 4.43. The van der Waals surface area contributed by atoms with Crippen LogP contribution in [0, 0.1) is 0 Å². The number of amides is 1. The largest absolute Gasteiger partial charge is 0.510 e. The number of carbonyl (C=O) groups is 1. The summed E-state index contributed by atoms with van der Waals surface area (Å²) in [4.78, 5) is 12.6. The molecule has 0 fully saturated rings. The molecule has 0 aliphatic carbocycles. The smallest absolute Gasteiger partial charge is 0.265 e. The lowest BCUT2D eigenvalue weighted by atomic mass is 10.0. The average Bonchev–Trinajstić information content (AvgIpc) is 2.28. The van der Waals surface area contributed by atoms with Gasteiger partial charge in [-0.15, -0.1) is 0 Å². The number of rotatable bonds is 1.